The quantitative estimate of drug-likeness (QED) is 0.425. The third-order valence-electron chi connectivity index (χ3n) is 5.26. The van der Waals surface area contributed by atoms with Gasteiger partial charge in [-0.25, -0.2) is 0 Å². The van der Waals surface area contributed by atoms with Crippen molar-refractivity contribution in [3.63, 3.8) is 0 Å². The second kappa shape index (κ2) is 7.69. The zero-order valence-electron chi connectivity index (χ0n) is 16.2. The molecule has 0 saturated carbocycles. The number of amides is 1. The zero-order valence-corrected chi connectivity index (χ0v) is 19.3. The van der Waals surface area contributed by atoms with Gasteiger partial charge in [-0.15, -0.1) is 10.2 Å². The number of benzene rings is 1. The van der Waals surface area contributed by atoms with E-state index in [1.165, 1.54) is 23.1 Å². The molecule has 1 amide bonds. The molecule has 9 heteroatoms. The Morgan fingerprint density at radius 2 is 1.97 bits per heavy atom. The summed E-state index contributed by atoms with van der Waals surface area (Å²) in [6, 6.07) is 5.35. The van der Waals surface area contributed by atoms with Gasteiger partial charge in [0.15, 0.2) is 10.1 Å². The van der Waals surface area contributed by atoms with Crippen molar-refractivity contribution in [1.29, 1.82) is 0 Å². The molecule has 1 aromatic heterocycles. The minimum absolute atomic E-state index is 0.0457. The van der Waals surface area contributed by atoms with E-state index in [2.05, 4.69) is 10.2 Å². The van der Waals surface area contributed by atoms with Crippen LogP contribution in [0, 0.1) is 5.41 Å². The molecule has 2 aliphatic rings. The standard InChI is InChI=1S/C20H19Cl2N3O2S2/c1-20(2)8-13-16(14(26)9-20)11(10-5-4-6-12(21)17(10)22)7-15(27)25(13)18-23-24-19(28-3)29-18/h4-6,11H,7-9H2,1-3H3. The summed E-state index contributed by atoms with van der Waals surface area (Å²) in [7, 11) is 0. The molecule has 0 saturated heterocycles. The Hall–Kier alpha value is -1.41. The Balaban J connectivity index is 1.91. The van der Waals surface area contributed by atoms with Gasteiger partial charge in [-0.3, -0.25) is 14.5 Å². The minimum Gasteiger partial charge on any atom is -0.294 e. The summed E-state index contributed by atoms with van der Waals surface area (Å²) >= 11 is 15.5. The molecule has 0 N–H and O–H groups in total. The van der Waals surface area contributed by atoms with Gasteiger partial charge < -0.3 is 0 Å². The van der Waals surface area contributed by atoms with E-state index in [0.717, 1.165) is 9.90 Å². The first-order valence-corrected chi connectivity index (χ1v) is 11.9. The number of rotatable bonds is 3. The van der Waals surface area contributed by atoms with E-state index in [1.807, 2.05) is 26.2 Å². The molecule has 0 bridgehead atoms. The third-order valence-corrected chi connectivity index (χ3v) is 7.98. The van der Waals surface area contributed by atoms with Crippen molar-refractivity contribution >= 4 is 63.1 Å². The highest BCUT2D eigenvalue weighted by atomic mass is 35.5. The van der Waals surface area contributed by atoms with Gasteiger partial charge in [-0.05, 0) is 29.7 Å². The second-order valence-electron chi connectivity index (χ2n) is 7.98. The van der Waals surface area contributed by atoms with Gasteiger partial charge in [0, 0.05) is 30.0 Å². The number of carbonyl (C=O) groups excluding carboxylic acids is 2. The van der Waals surface area contributed by atoms with Crippen molar-refractivity contribution < 1.29 is 9.59 Å². The molecule has 0 radical (unpaired) electrons. The van der Waals surface area contributed by atoms with Crippen LogP contribution >= 0.6 is 46.3 Å². The maximum absolute atomic E-state index is 13.3. The van der Waals surface area contributed by atoms with Crippen molar-refractivity contribution in [1.82, 2.24) is 10.2 Å². The van der Waals surface area contributed by atoms with Crippen LogP contribution in [-0.4, -0.2) is 28.1 Å². The first-order chi connectivity index (χ1) is 13.7. The lowest BCUT2D eigenvalue weighted by Gasteiger charge is -2.42. The lowest BCUT2D eigenvalue weighted by Crippen LogP contribution is -2.43. The van der Waals surface area contributed by atoms with Crippen LogP contribution in [0.3, 0.4) is 0 Å². The Labute approximate surface area is 187 Å². The third kappa shape index (κ3) is 3.74. The predicted molar refractivity (Wildman–Crippen MR) is 118 cm³/mol. The van der Waals surface area contributed by atoms with Crippen molar-refractivity contribution in [2.24, 2.45) is 5.41 Å². The number of carbonyl (C=O) groups is 2. The number of aromatic nitrogens is 2. The number of Topliss-reactive ketones (excluding diaryl/α,β-unsaturated/α-hetero) is 1. The Kier molecular flexibility index (Phi) is 5.53. The van der Waals surface area contributed by atoms with Crippen molar-refractivity contribution in [3.05, 3.63) is 45.1 Å². The summed E-state index contributed by atoms with van der Waals surface area (Å²) in [5, 5.41) is 9.66. The summed E-state index contributed by atoms with van der Waals surface area (Å²) in [5.74, 6) is -0.472. The number of halogens is 2. The second-order valence-corrected chi connectivity index (χ2v) is 10.8. The Morgan fingerprint density at radius 1 is 1.21 bits per heavy atom. The number of thioether (sulfide) groups is 1. The van der Waals surface area contributed by atoms with Gasteiger partial charge in [0.25, 0.3) is 0 Å². The topological polar surface area (TPSA) is 63.2 Å². The monoisotopic (exact) mass is 467 g/mol. The van der Waals surface area contributed by atoms with Gasteiger partial charge in [-0.1, -0.05) is 72.3 Å². The molecule has 1 aliphatic carbocycles. The first kappa shape index (κ1) is 20.8. The van der Waals surface area contributed by atoms with Crippen molar-refractivity contribution in [2.45, 2.75) is 43.4 Å². The molecular formula is C20H19Cl2N3O2S2. The highest BCUT2D eigenvalue weighted by molar-refractivity contribution is 8.00. The first-order valence-electron chi connectivity index (χ1n) is 9.12. The van der Waals surface area contributed by atoms with E-state index in [9.17, 15) is 9.59 Å². The van der Waals surface area contributed by atoms with Crippen LogP contribution in [0.1, 0.15) is 44.6 Å². The van der Waals surface area contributed by atoms with Gasteiger partial charge in [0.05, 0.1) is 10.0 Å². The van der Waals surface area contributed by atoms with Gasteiger partial charge >= 0.3 is 0 Å². The van der Waals surface area contributed by atoms with Gasteiger partial charge in [-0.2, -0.15) is 0 Å². The highest BCUT2D eigenvalue weighted by Crippen LogP contribution is 2.50. The lowest BCUT2D eigenvalue weighted by atomic mass is 9.69. The smallest absolute Gasteiger partial charge is 0.234 e. The average molecular weight is 468 g/mol. The highest BCUT2D eigenvalue weighted by Gasteiger charge is 2.45. The van der Waals surface area contributed by atoms with E-state index in [4.69, 9.17) is 23.2 Å². The molecule has 1 unspecified atom stereocenters. The van der Waals surface area contributed by atoms with Gasteiger partial charge in [0.2, 0.25) is 11.0 Å². The fourth-order valence-electron chi connectivity index (χ4n) is 4.07. The van der Waals surface area contributed by atoms with E-state index in [1.54, 1.807) is 17.0 Å². The molecule has 1 atom stereocenters. The van der Waals surface area contributed by atoms with Crippen LogP contribution < -0.4 is 4.90 Å². The number of anilines is 1. The zero-order chi connectivity index (χ0) is 20.9. The number of ketones is 1. The minimum atomic E-state index is -0.406. The van der Waals surface area contributed by atoms with Crippen LogP contribution in [-0.2, 0) is 9.59 Å². The Bertz CT molecular complexity index is 1050. The van der Waals surface area contributed by atoms with E-state index in [-0.39, 0.29) is 23.5 Å². The molecule has 2 heterocycles. The summed E-state index contributed by atoms with van der Waals surface area (Å²) in [5.41, 5.74) is 1.83. The van der Waals surface area contributed by atoms with Crippen LogP contribution in [0.2, 0.25) is 10.0 Å². The maximum atomic E-state index is 13.3. The fraction of sp³-hybridized carbons (Fsp3) is 0.400. The average Bonchev–Trinajstić information content (AvgIpc) is 3.10. The summed E-state index contributed by atoms with van der Waals surface area (Å²) in [6.07, 6.45) is 3.08. The molecule has 5 nitrogen and oxygen atoms in total. The number of hydrogen-bond acceptors (Lipinski definition) is 6. The normalized spacial score (nSPS) is 21.6. The number of nitrogens with zero attached hydrogens (tertiary/aromatic N) is 3. The van der Waals surface area contributed by atoms with E-state index < -0.39 is 5.92 Å². The van der Waals surface area contributed by atoms with Crippen LogP contribution in [0.5, 0.6) is 0 Å². The number of hydrogen-bond donors (Lipinski definition) is 0. The van der Waals surface area contributed by atoms with Crippen LogP contribution in [0.15, 0.2) is 33.8 Å². The molecule has 1 aromatic carbocycles. The molecule has 29 heavy (non-hydrogen) atoms. The van der Waals surface area contributed by atoms with Crippen molar-refractivity contribution in [2.75, 3.05) is 11.2 Å². The Morgan fingerprint density at radius 3 is 2.66 bits per heavy atom. The van der Waals surface area contributed by atoms with Crippen molar-refractivity contribution in [3.8, 4) is 0 Å². The predicted octanol–water partition coefficient (Wildman–Crippen LogP) is 5.73. The lowest BCUT2D eigenvalue weighted by molar-refractivity contribution is -0.121. The molecule has 0 fully saturated rings. The molecule has 2 aromatic rings. The SMILES string of the molecule is CSc1nnc(N2C(=O)CC(c3cccc(Cl)c3Cl)C3=C2CC(C)(C)CC3=O)s1. The van der Waals surface area contributed by atoms with Gasteiger partial charge in [0.1, 0.15) is 0 Å². The molecule has 152 valence electrons. The van der Waals surface area contributed by atoms with E-state index in [0.29, 0.717) is 39.3 Å². The number of allylic oxidation sites excluding steroid dienone is 2. The van der Waals surface area contributed by atoms with E-state index >= 15 is 0 Å². The molecular weight excluding hydrogens is 449 g/mol. The maximum Gasteiger partial charge on any atom is 0.234 e. The van der Waals surface area contributed by atoms with Crippen LogP contribution in [0.4, 0.5) is 5.13 Å². The summed E-state index contributed by atoms with van der Waals surface area (Å²) in [4.78, 5) is 28.1. The molecule has 4 rings (SSSR count). The summed E-state index contributed by atoms with van der Waals surface area (Å²) in [6.45, 7) is 4.08. The molecule has 1 aliphatic heterocycles. The molecule has 0 spiro atoms. The fourth-order valence-corrected chi connectivity index (χ4v) is 5.81. The largest absolute Gasteiger partial charge is 0.294 e. The van der Waals surface area contributed by atoms with Crippen LogP contribution in [0.25, 0.3) is 0 Å². The summed E-state index contributed by atoms with van der Waals surface area (Å²) < 4.78 is 0.774.